The normalized spacial score (nSPS) is 16.7. The zero-order valence-electron chi connectivity index (χ0n) is 15.6. The molecule has 6 heteroatoms. The SMILES string of the molecule is COc1ccc(C(O)C(=O)N2CCC(c3nccn3C(C)C)CC2)cc1. The molecule has 0 saturated carbocycles. The fraction of sp³-hybridized carbons (Fsp3) is 0.500. The van der Waals surface area contributed by atoms with Crippen LogP contribution in [0.15, 0.2) is 36.7 Å². The Kier molecular flexibility index (Phi) is 5.61. The molecule has 2 aromatic rings. The van der Waals surface area contributed by atoms with Gasteiger partial charge in [0, 0.05) is 37.4 Å². The Morgan fingerprint density at radius 3 is 2.46 bits per heavy atom. The quantitative estimate of drug-likeness (QED) is 0.893. The van der Waals surface area contributed by atoms with Crippen molar-refractivity contribution in [2.75, 3.05) is 20.2 Å². The van der Waals surface area contributed by atoms with E-state index in [-0.39, 0.29) is 5.91 Å². The van der Waals surface area contributed by atoms with E-state index in [0.717, 1.165) is 18.7 Å². The first-order chi connectivity index (χ1) is 12.5. The summed E-state index contributed by atoms with van der Waals surface area (Å²) in [4.78, 5) is 18.9. The third-order valence-corrected chi connectivity index (χ3v) is 5.09. The second-order valence-corrected chi connectivity index (χ2v) is 7.06. The molecule has 0 aliphatic carbocycles. The number of aliphatic hydroxyl groups is 1. The van der Waals surface area contributed by atoms with Crippen LogP contribution in [-0.4, -0.2) is 45.7 Å². The Labute approximate surface area is 154 Å². The van der Waals surface area contributed by atoms with Gasteiger partial charge in [-0.15, -0.1) is 0 Å². The Morgan fingerprint density at radius 1 is 1.23 bits per heavy atom. The van der Waals surface area contributed by atoms with E-state index in [4.69, 9.17) is 4.74 Å². The lowest BCUT2D eigenvalue weighted by molar-refractivity contribution is -0.141. The lowest BCUT2D eigenvalue weighted by atomic mass is 9.95. The summed E-state index contributed by atoms with van der Waals surface area (Å²) in [5.41, 5.74) is 0.591. The summed E-state index contributed by atoms with van der Waals surface area (Å²) in [5.74, 6) is 1.92. The monoisotopic (exact) mass is 357 g/mol. The van der Waals surface area contributed by atoms with Crippen molar-refractivity contribution >= 4 is 5.91 Å². The Balaban J connectivity index is 1.61. The number of carbonyl (C=O) groups is 1. The number of hydrogen-bond donors (Lipinski definition) is 1. The van der Waals surface area contributed by atoms with Crippen molar-refractivity contribution in [3.63, 3.8) is 0 Å². The smallest absolute Gasteiger partial charge is 0.256 e. The van der Waals surface area contributed by atoms with Gasteiger partial charge in [0.05, 0.1) is 7.11 Å². The highest BCUT2D eigenvalue weighted by atomic mass is 16.5. The first-order valence-electron chi connectivity index (χ1n) is 9.14. The maximum absolute atomic E-state index is 12.6. The summed E-state index contributed by atoms with van der Waals surface area (Å²) in [6.07, 6.45) is 4.47. The predicted molar refractivity (Wildman–Crippen MR) is 99.1 cm³/mol. The number of hydrogen-bond acceptors (Lipinski definition) is 4. The van der Waals surface area contributed by atoms with Gasteiger partial charge in [0.25, 0.3) is 5.91 Å². The summed E-state index contributed by atoms with van der Waals surface area (Å²) < 4.78 is 7.32. The van der Waals surface area contributed by atoms with Crippen LogP contribution in [0.2, 0.25) is 0 Å². The summed E-state index contributed by atoms with van der Waals surface area (Å²) in [6, 6.07) is 7.35. The summed E-state index contributed by atoms with van der Waals surface area (Å²) in [5, 5.41) is 10.4. The highest BCUT2D eigenvalue weighted by Crippen LogP contribution is 2.30. The number of amides is 1. The van der Waals surface area contributed by atoms with Crippen LogP contribution >= 0.6 is 0 Å². The molecule has 1 unspecified atom stereocenters. The van der Waals surface area contributed by atoms with Crippen molar-refractivity contribution < 1.29 is 14.6 Å². The number of nitrogens with zero attached hydrogens (tertiary/aromatic N) is 3. The molecule has 1 atom stereocenters. The number of piperidine rings is 1. The number of benzene rings is 1. The second-order valence-electron chi connectivity index (χ2n) is 7.06. The third kappa shape index (κ3) is 3.75. The number of ether oxygens (including phenoxy) is 1. The maximum Gasteiger partial charge on any atom is 0.256 e. The van der Waals surface area contributed by atoms with E-state index in [1.807, 2.05) is 12.4 Å². The standard InChI is InChI=1S/C20H27N3O3/c1-14(2)23-13-10-21-19(23)16-8-11-22(12-9-16)20(25)18(24)15-4-6-17(26-3)7-5-15/h4-7,10,13-14,16,18,24H,8-9,11-12H2,1-3H3. The molecular formula is C20H27N3O3. The van der Waals surface area contributed by atoms with E-state index in [1.165, 1.54) is 0 Å². The largest absolute Gasteiger partial charge is 0.497 e. The van der Waals surface area contributed by atoms with E-state index in [2.05, 4.69) is 23.4 Å². The molecule has 1 aromatic heterocycles. The average Bonchev–Trinajstić information content (AvgIpc) is 3.17. The number of methoxy groups -OCH3 is 1. The van der Waals surface area contributed by atoms with Crippen molar-refractivity contribution in [3.05, 3.63) is 48.0 Å². The highest BCUT2D eigenvalue weighted by molar-refractivity contribution is 5.82. The van der Waals surface area contributed by atoms with Crippen LogP contribution in [0.1, 0.15) is 56.1 Å². The molecule has 26 heavy (non-hydrogen) atoms. The van der Waals surface area contributed by atoms with E-state index >= 15 is 0 Å². The average molecular weight is 357 g/mol. The van der Waals surface area contributed by atoms with Gasteiger partial charge in [-0.25, -0.2) is 4.98 Å². The van der Waals surface area contributed by atoms with E-state index in [1.54, 1.807) is 36.3 Å². The first-order valence-corrected chi connectivity index (χ1v) is 9.14. The number of aliphatic hydroxyl groups excluding tert-OH is 1. The topological polar surface area (TPSA) is 67.6 Å². The molecule has 0 spiro atoms. The summed E-state index contributed by atoms with van der Waals surface area (Å²) in [7, 11) is 1.59. The lowest BCUT2D eigenvalue weighted by Gasteiger charge is -2.33. The fourth-order valence-electron chi connectivity index (χ4n) is 3.54. The molecule has 1 saturated heterocycles. The van der Waals surface area contributed by atoms with Crippen molar-refractivity contribution in [1.82, 2.24) is 14.5 Å². The molecule has 0 radical (unpaired) electrons. The van der Waals surface area contributed by atoms with Gasteiger partial charge in [-0.2, -0.15) is 0 Å². The minimum absolute atomic E-state index is 0.235. The summed E-state index contributed by atoms with van der Waals surface area (Å²) >= 11 is 0. The Morgan fingerprint density at radius 2 is 1.88 bits per heavy atom. The highest BCUT2D eigenvalue weighted by Gasteiger charge is 2.30. The van der Waals surface area contributed by atoms with Gasteiger partial charge in [0.1, 0.15) is 11.6 Å². The van der Waals surface area contributed by atoms with Crippen LogP contribution < -0.4 is 4.74 Å². The van der Waals surface area contributed by atoms with Crippen molar-refractivity contribution in [2.24, 2.45) is 0 Å². The molecule has 1 aromatic carbocycles. The molecule has 1 aliphatic rings. The zero-order valence-corrected chi connectivity index (χ0v) is 15.6. The molecule has 1 amide bonds. The number of aromatic nitrogens is 2. The van der Waals surface area contributed by atoms with E-state index in [0.29, 0.717) is 36.4 Å². The molecule has 3 rings (SSSR count). The molecule has 1 fully saturated rings. The minimum atomic E-state index is -1.13. The molecule has 140 valence electrons. The molecule has 1 N–H and O–H groups in total. The molecule has 6 nitrogen and oxygen atoms in total. The van der Waals surface area contributed by atoms with Crippen LogP contribution in [0.25, 0.3) is 0 Å². The second kappa shape index (κ2) is 7.91. The van der Waals surface area contributed by atoms with E-state index < -0.39 is 6.10 Å². The van der Waals surface area contributed by atoms with Crippen LogP contribution in [-0.2, 0) is 4.79 Å². The molecule has 2 heterocycles. The van der Waals surface area contributed by atoms with Gasteiger partial charge in [-0.05, 0) is 44.4 Å². The van der Waals surface area contributed by atoms with Crippen molar-refractivity contribution in [1.29, 1.82) is 0 Å². The maximum atomic E-state index is 12.6. The van der Waals surface area contributed by atoms with Crippen LogP contribution in [0.4, 0.5) is 0 Å². The van der Waals surface area contributed by atoms with E-state index in [9.17, 15) is 9.90 Å². The Bertz CT molecular complexity index is 731. The van der Waals surface area contributed by atoms with Crippen LogP contribution in [0, 0.1) is 0 Å². The van der Waals surface area contributed by atoms with Gasteiger partial charge in [0.2, 0.25) is 0 Å². The molecular weight excluding hydrogens is 330 g/mol. The third-order valence-electron chi connectivity index (χ3n) is 5.09. The fourth-order valence-corrected chi connectivity index (χ4v) is 3.54. The predicted octanol–water partition coefficient (Wildman–Crippen LogP) is 2.91. The summed E-state index contributed by atoms with van der Waals surface area (Å²) in [6.45, 7) is 5.58. The van der Waals surface area contributed by atoms with Gasteiger partial charge in [0.15, 0.2) is 6.10 Å². The first kappa shape index (κ1) is 18.5. The van der Waals surface area contributed by atoms with Crippen LogP contribution in [0.3, 0.4) is 0 Å². The van der Waals surface area contributed by atoms with Crippen molar-refractivity contribution in [2.45, 2.75) is 44.8 Å². The minimum Gasteiger partial charge on any atom is -0.497 e. The van der Waals surface area contributed by atoms with Gasteiger partial charge in [-0.3, -0.25) is 4.79 Å². The number of carbonyl (C=O) groups excluding carboxylic acids is 1. The van der Waals surface area contributed by atoms with Crippen molar-refractivity contribution in [3.8, 4) is 5.75 Å². The molecule has 1 aliphatic heterocycles. The number of imidazole rings is 1. The van der Waals surface area contributed by atoms with Crippen LogP contribution in [0.5, 0.6) is 5.75 Å². The number of likely N-dealkylation sites (tertiary alicyclic amines) is 1. The van der Waals surface area contributed by atoms with Gasteiger partial charge >= 0.3 is 0 Å². The van der Waals surface area contributed by atoms with Gasteiger partial charge < -0.3 is 19.3 Å². The lowest BCUT2D eigenvalue weighted by Crippen LogP contribution is -2.41. The zero-order chi connectivity index (χ0) is 18.7. The Hall–Kier alpha value is -2.34. The molecule has 0 bridgehead atoms. The van der Waals surface area contributed by atoms with Gasteiger partial charge in [-0.1, -0.05) is 12.1 Å². The number of rotatable bonds is 5.